The molecule has 78 valence electrons. The molecule has 3 nitrogen and oxygen atoms in total. The molecule has 2 rings (SSSR count). The zero-order valence-electron chi connectivity index (χ0n) is 9.22. The highest BCUT2D eigenvalue weighted by Gasteiger charge is 2.29. The lowest BCUT2D eigenvalue weighted by atomic mass is 10.1. The predicted molar refractivity (Wildman–Crippen MR) is 58.7 cm³/mol. The summed E-state index contributed by atoms with van der Waals surface area (Å²) in [5, 5.41) is 10.9. The molecule has 0 atom stereocenters. The lowest BCUT2D eigenvalue weighted by molar-refractivity contribution is 0.879. The molecule has 1 saturated carbocycles. The highest BCUT2D eigenvalue weighted by atomic mass is 15.2. The maximum Gasteiger partial charge on any atom is 0.151 e. The average molecular weight is 193 g/mol. The van der Waals surface area contributed by atoms with Gasteiger partial charge in [0.2, 0.25) is 0 Å². The summed E-state index contributed by atoms with van der Waals surface area (Å²) in [4.78, 5) is 0. The average Bonchev–Trinajstić information content (AvgIpc) is 2.88. The van der Waals surface area contributed by atoms with Crippen LogP contribution < -0.4 is 5.32 Å². The van der Waals surface area contributed by atoms with E-state index in [-0.39, 0.29) is 0 Å². The van der Waals surface area contributed by atoms with E-state index in [1.54, 1.807) is 0 Å². The third-order valence-electron chi connectivity index (χ3n) is 2.66. The van der Waals surface area contributed by atoms with Crippen molar-refractivity contribution in [3.05, 3.63) is 11.3 Å². The van der Waals surface area contributed by atoms with Gasteiger partial charge in [-0.1, -0.05) is 6.92 Å². The minimum atomic E-state index is 0.454. The monoisotopic (exact) mass is 193 g/mol. The highest BCUT2D eigenvalue weighted by Crippen LogP contribution is 2.42. The Morgan fingerprint density at radius 2 is 2.21 bits per heavy atom. The van der Waals surface area contributed by atoms with Crippen molar-refractivity contribution in [3.8, 4) is 0 Å². The molecule has 1 aromatic heterocycles. The van der Waals surface area contributed by atoms with E-state index in [1.165, 1.54) is 24.1 Å². The maximum absolute atomic E-state index is 4.35. The van der Waals surface area contributed by atoms with Gasteiger partial charge in [0.25, 0.3) is 0 Å². The van der Waals surface area contributed by atoms with Crippen LogP contribution in [0.5, 0.6) is 0 Å². The Morgan fingerprint density at radius 3 is 2.71 bits per heavy atom. The van der Waals surface area contributed by atoms with E-state index in [0.717, 1.165) is 18.2 Å². The van der Waals surface area contributed by atoms with Crippen LogP contribution in [0, 0.1) is 0 Å². The fourth-order valence-electron chi connectivity index (χ4n) is 1.84. The molecular weight excluding hydrogens is 174 g/mol. The van der Waals surface area contributed by atoms with E-state index in [9.17, 15) is 0 Å². The van der Waals surface area contributed by atoms with Crippen LogP contribution in [0.4, 0.5) is 5.82 Å². The number of H-pyrrole nitrogens is 1. The Labute approximate surface area is 85.3 Å². The van der Waals surface area contributed by atoms with Crippen molar-refractivity contribution in [1.29, 1.82) is 0 Å². The third-order valence-corrected chi connectivity index (χ3v) is 2.66. The van der Waals surface area contributed by atoms with Gasteiger partial charge in [0.1, 0.15) is 0 Å². The second-order valence-electron chi connectivity index (χ2n) is 4.39. The summed E-state index contributed by atoms with van der Waals surface area (Å²) in [5.74, 6) is 1.82. The van der Waals surface area contributed by atoms with Gasteiger partial charge in [0.05, 0.1) is 0 Å². The first-order valence-corrected chi connectivity index (χ1v) is 5.56. The lowest BCUT2D eigenvalue weighted by Crippen LogP contribution is -2.11. The number of nitrogens with zero attached hydrogens (tertiary/aromatic N) is 1. The summed E-state index contributed by atoms with van der Waals surface area (Å²) >= 11 is 0. The molecule has 2 N–H and O–H groups in total. The van der Waals surface area contributed by atoms with Crippen LogP contribution in [0.3, 0.4) is 0 Å². The van der Waals surface area contributed by atoms with Crippen molar-refractivity contribution >= 4 is 5.82 Å². The summed E-state index contributed by atoms with van der Waals surface area (Å²) in [6, 6.07) is 0.454. The topological polar surface area (TPSA) is 40.7 Å². The number of hydrogen-bond acceptors (Lipinski definition) is 2. The number of anilines is 1. The summed E-state index contributed by atoms with van der Waals surface area (Å²) < 4.78 is 0. The smallest absolute Gasteiger partial charge is 0.151 e. The Kier molecular flexibility index (Phi) is 2.48. The molecule has 0 unspecified atom stereocenters. The summed E-state index contributed by atoms with van der Waals surface area (Å²) in [6.45, 7) is 6.48. The zero-order valence-corrected chi connectivity index (χ0v) is 9.22. The first-order valence-electron chi connectivity index (χ1n) is 5.56. The molecule has 3 heteroatoms. The van der Waals surface area contributed by atoms with Gasteiger partial charge in [-0.15, -0.1) is 0 Å². The largest absolute Gasteiger partial charge is 0.366 e. The molecule has 0 bridgehead atoms. The van der Waals surface area contributed by atoms with Gasteiger partial charge in [0.15, 0.2) is 5.82 Å². The van der Waals surface area contributed by atoms with Crippen molar-refractivity contribution in [1.82, 2.24) is 10.2 Å². The maximum atomic E-state index is 4.35. The Morgan fingerprint density at radius 1 is 1.50 bits per heavy atom. The normalized spacial score (nSPS) is 16.3. The fourth-order valence-corrected chi connectivity index (χ4v) is 1.84. The number of nitrogens with one attached hydrogen (secondary N) is 2. The van der Waals surface area contributed by atoms with Crippen LogP contribution in [0.15, 0.2) is 0 Å². The number of hydrogen-bond donors (Lipinski definition) is 2. The molecule has 0 aliphatic heterocycles. The molecule has 1 aliphatic carbocycles. The molecule has 0 spiro atoms. The second-order valence-corrected chi connectivity index (χ2v) is 4.39. The van der Waals surface area contributed by atoms with E-state index in [0.29, 0.717) is 6.04 Å². The lowest BCUT2D eigenvalue weighted by Gasteiger charge is -2.08. The van der Waals surface area contributed by atoms with E-state index in [4.69, 9.17) is 0 Å². The Hall–Kier alpha value is -0.990. The number of rotatable bonds is 4. The van der Waals surface area contributed by atoms with Gasteiger partial charge in [-0.25, -0.2) is 0 Å². The van der Waals surface area contributed by atoms with Crippen LogP contribution in [-0.2, 0) is 6.42 Å². The molecule has 1 fully saturated rings. The van der Waals surface area contributed by atoms with Crippen molar-refractivity contribution in [3.63, 3.8) is 0 Å². The van der Waals surface area contributed by atoms with E-state index < -0.39 is 0 Å². The minimum Gasteiger partial charge on any atom is -0.366 e. The molecule has 14 heavy (non-hydrogen) atoms. The van der Waals surface area contributed by atoms with Crippen molar-refractivity contribution in [2.75, 3.05) is 5.32 Å². The van der Waals surface area contributed by atoms with E-state index >= 15 is 0 Å². The zero-order chi connectivity index (χ0) is 10.1. The molecule has 1 aliphatic rings. The van der Waals surface area contributed by atoms with Crippen LogP contribution in [0.2, 0.25) is 0 Å². The van der Waals surface area contributed by atoms with Gasteiger partial charge in [0, 0.05) is 23.2 Å². The molecule has 0 amide bonds. The predicted octanol–water partition coefficient (Wildman–Crippen LogP) is 2.67. The van der Waals surface area contributed by atoms with Crippen LogP contribution >= 0.6 is 0 Å². The standard InChI is InChI=1S/C11H19N3/c1-4-9-10(8-5-6-8)13-14-11(9)12-7(2)3/h7-8H,4-6H2,1-3H3,(H2,12,13,14). The van der Waals surface area contributed by atoms with Gasteiger partial charge in [-0.05, 0) is 33.1 Å². The first-order chi connectivity index (χ1) is 6.72. The Bertz CT molecular complexity index is 310. The van der Waals surface area contributed by atoms with Crippen LogP contribution in [-0.4, -0.2) is 16.2 Å². The van der Waals surface area contributed by atoms with Crippen LogP contribution in [0.25, 0.3) is 0 Å². The van der Waals surface area contributed by atoms with Gasteiger partial charge in [-0.3, -0.25) is 5.10 Å². The van der Waals surface area contributed by atoms with Crippen molar-refractivity contribution in [2.45, 2.75) is 52.0 Å². The van der Waals surface area contributed by atoms with E-state index in [1.807, 2.05) is 0 Å². The molecule has 1 aromatic rings. The minimum absolute atomic E-state index is 0.454. The number of aromatic nitrogens is 2. The molecule has 0 saturated heterocycles. The second kappa shape index (κ2) is 3.64. The SMILES string of the molecule is CCc1c(NC(C)C)n[nH]c1C1CC1. The van der Waals surface area contributed by atoms with Crippen LogP contribution in [0.1, 0.15) is 50.8 Å². The first kappa shape index (κ1) is 9.56. The third kappa shape index (κ3) is 1.76. The van der Waals surface area contributed by atoms with Gasteiger partial charge in [-0.2, -0.15) is 5.10 Å². The molecule has 0 aromatic carbocycles. The van der Waals surface area contributed by atoms with Crippen molar-refractivity contribution < 1.29 is 0 Å². The molecule has 0 radical (unpaired) electrons. The molecule has 1 heterocycles. The number of aromatic amines is 1. The Balaban J connectivity index is 2.22. The summed E-state index contributed by atoms with van der Waals surface area (Å²) in [7, 11) is 0. The van der Waals surface area contributed by atoms with Crippen molar-refractivity contribution in [2.24, 2.45) is 0 Å². The molecular formula is C11H19N3. The summed E-state index contributed by atoms with van der Waals surface area (Å²) in [6.07, 6.45) is 3.73. The van der Waals surface area contributed by atoms with Gasteiger partial charge < -0.3 is 5.32 Å². The quantitative estimate of drug-likeness (QED) is 0.771. The van der Waals surface area contributed by atoms with Gasteiger partial charge >= 0.3 is 0 Å². The van der Waals surface area contributed by atoms with E-state index in [2.05, 4.69) is 36.3 Å². The highest BCUT2D eigenvalue weighted by molar-refractivity contribution is 5.49. The fraction of sp³-hybridized carbons (Fsp3) is 0.727. The summed E-state index contributed by atoms with van der Waals surface area (Å²) in [5.41, 5.74) is 2.76.